The van der Waals surface area contributed by atoms with E-state index in [2.05, 4.69) is 42.8 Å². The molecule has 0 aliphatic rings. The molecule has 0 saturated heterocycles. The molecule has 0 atom stereocenters. The molecule has 0 amide bonds. The van der Waals surface area contributed by atoms with Crippen molar-refractivity contribution >= 4 is 5.95 Å². The van der Waals surface area contributed by atoms with E-state index in [1.807, 2.05) is 47.9 Å². The summed E-state index contributed by atoms with van der Waals surface area (Å²) in [5.74, 6) is 1.80. The molecular formula is C25H28F2N6O2. The molecule has 184 valence electrons. The van der Waals surface area contributed by atoms with E-state index in [9.17, 15) is 8.78 Å². The summed E-state index contributed by atoms with van der Waals surface area (Å²) in [5.41, 5.74) is 3.05. The van der Waals surface area contributed by atoms with Gasteiger partial charge in [0.1, 0.15) is 5.82 Å². The molecular weight excluding hydrogens is 454 g/mol. The number of anilines is 1. The fourth-order valence-corrected chi connectivity index (χ4v) is 3.97. The molecule has 4 rings (SSSR count). The maximum atomic E-state index is 12.8. The lowest BCUT2D eigenvalue weighted by molar-refractivity contribution is -0.0512. The molecule has 2 aromatic heterocycles. The first-order valence-electron chi connectivity index (χ1n) is 11.3. The number of aryl methyl sites for hydroxylation is 1. The van der Waals surface area contributed by atoms with Gasteiger partial charge < -0.3 is 14.4 Å². The van der Waals surface area contributed by atoms with Crippen LogP contribution in [0.4, 0.5) is 14.7 Å². The summed E-state index contributed by atoms with van der Waals surface area (Å²) in [6.07, 6.45) is 4.43. The molecule has 0 saturated carbocycles. The van der Waals surface area contributed by atoms with Crippen LogP contribution >= 0.6 is 0 Å². The zero-order valence-corrected chi connectivity index (χ0v) is 19.9. The SMILES string of the molecule is CCc1nnc(N(C)Cc2ccc(OC)c(OC(F)F)c2)n1Cc1cccc(Cn2cccn2)c1. The predicted molar refractivity (Wildman–Crippen MR) is 128 cm³/mol. The molecule has 4 aromatic rings. The van der Waals surface area contributed by atoms with Crippen LogP contribution in [-0.2, 0) is 26.1 Å². The lowest BCUT2D eigenvalue weighted by Gasteiger charge is -2.21. The van der Waals surface area contributed by atoms with Gasteiger partial charge in [0.25, 0.3) is 0 Å². The van der Waals surface area contributed by atoms with Crippen molar-refractivity contribution in [2.24, 2.45) is 0 Å². The number of aromatic nitrogens is 5. The van der Waals surface area contributed by atoms with Crippen molar-refractivity contribution < 1.29 is 18.3 Å². The van der Waals surface area contributed by atoms with Crippen LogP contribution < -0.4 is 14.4 Å². The van der Waals surface area contributed by atoms with Crippen LogP contribution in [0.5, 0.6) is 11.5 Å². The summed E-state index contributed by atoms with van der Waals surface area (Å²) in [6.45, 7) is 0.819. The van der Waals surface area contributed by atoms with Gasteiger partial charge >= 0.3 is 6.61 Å². The van der Waals surface area contributed by atoms with Gasteiger partial charge in [-0.3, -0.25) is 9.25 Å². The smallest absolute Gasteiger partial charge is 0.387 e. The average Bonchev–Trinajstić information content (AvgIpc) is 3.49. The topological polar surface area (TPSA) is 70.2 Å². The van der Waals surface area contributed by atoms with Crippen LogP contribution in [0.25, 0.3) is 0 Å². The standard InChI is InChI=1S/C25H28F2N6O2/c1-4-23-29-30-25(31(2)15-20-9-10-21(34-3)22(14-20)35-24(26)27)33(23)17-19-8-5-7-18(13-19)16-32-12-6-11-28-32/h5-14,24H,4,15-17H2,1-3H3. The van der Waals surface area contributed by atoms with Crippen molar-refractivity contribution in [2.75, 3.05) is 19.1 Å². The molecule has 2 aromatic carbocycles. The summed E-state index contributed by atoms with van der Waals surface area (Å²) in [4.78, 5) is 1.94. The molecule has 0 fully saturated rings. The Morgan fingerprint density at radius 1 is 0.971 bits per heavy atom. The number of ether oxygens (including phenoxy) is 2. The third kappa shape index (κ3) is 5.95. The lowest BCUT2D eigenvalue weighted by atomic mass is 10.1. The van der Waals surface area contributed by atoms with Gasteiger partial charge in [0.2, 0.25) is 5.95 Å². The Balaban J connectivity index is 1.55. The molecule has 0 N–H and O–H groups in total. The highest BCUT2D eigenvalue weighted by Crippen LogP contribution is 2.30. The second-order valence-electron chi connectivity index (χ2n) is 8.10. The maximum Gasteiger partial charge on any atom is 0.387 e. The van der Waals surface area contributed by atoms with E-state index in [0.29, 0.717) is 25.6 Å². The zero-order valence-electron chi connectivity index (χ0n) is 19.9. The monoisotopic (exact) mass is 482 g/mol. The van der Waals surface area contributed by atoms with E-state index in [4.69, 9.17) is 4.74 Å². The molecule has 0 unspecified atom stereocenters. The van der Waals surface area contributed by atoms with E-state index in [1.54, 1.807) is 18.3 Å². The van der Waals surface area contributed by atoms with Gasteiger partial charge in [-0.2, -0.15) is 13.9 Å². The number of hydrogen-bond donors (Lipinski definition) is 0. The second-order valence-corrected chi connectivity index (χ2v) is 8.10. The Labute approximate surface area is 202 Å². The number of nitrogens with zero attached hydrogens (tertiary/aromatic N) is 6. The lowest BCUT2D eigenvalue weighted by Crippen LogP contribution is -2.22. The van der Waals surface area contributed by atoms with Crippen molar-refractivity contribution in [1.29, 1.82) is 0 Å². The van der Waals surface area contributed by atoms with E-state index < -0.39 is 6.61 Å². The zero-order chi connectivity index (χ0) is 24.8. The fourth-order valence-electron chi connectivity index (χ4n) is 3.97. The molecule has 35 heavy (non-hydrogen) atoms. The molecule has 10 heteroatoms. The van der Waals surface area contributed by atoms with Gasteiger partial charge in [0.05, 0.1) is 20.2 Å². The van der Waals surface area contributed by atoms with Gasteiger partial charge in [-0.25, -0.2) is 0 Å². The van der Waals surface area contributed by atoms with Crippen LogP contribution in [0.2, 0.25) is 0 Å². The van der Waals surface area contributed by atoms with Gasteiger partial charge in [-0.05, 0) is 34.9 Å². The molecule has 0 bridgehead atoms. The Bertz CT molecular complexity index is 1240. The predicted octanol–water partition coefficient (Wildman–Crippen LogP) is 4.38. The fraction of sp³-hybridized carbons (Fsp3) is 0.320. The van der Waals surface area contributed by atoms with E-state index in [1.165, 1.54) is 7.11 Å². The minimum Gasteiger partial charge on any atom is -0.493 e. The van der Waals surface area contributed by atoms with Crippen molar-refractivity contribution in [3.05, 3.63) is 83.4 Å². The highest BCUT2D eigenvalue weighted by molar-refractivity contribution is 5.44. The second kappa shape index (κ2) is 11.0. The van der Waals surface area contributed by atoms with E-state index >= 15 is 0 Å². The molecule has 0 spiro atoms. The number of hydrogen-bond acceptors (Lipinski definition) is 6. The first-order chi connectivity index (χ1) is 17.0. The highest BCUT2D eigenvalue weighted by Gasteiger charge is 2.17. The van der Waals surface area contributed by atoms with Crippen LogP contribution in [0.3, 0.4) is 0 Å². The van der Waals surface area contributed by atoms with Crippen LogP contribution in [0.1, 0.15) is 29.4 Å². The quantitative estimate of drug-likeness (QED) is 0.316. The average molecular weight is 483 g/mol. The van der Waals surface area contributed by atoms with Crippen molar-refractivity contribution in [3.63, 3.8) is 0 Å². The van der Waals surface area contributed by atoms with Gasteiger partial charge in [-0.1, -0.05) is 37.3 Å². The van der Waals surface area contributed by atoms with Gasteiger partial charge in [0, 0.05) is 32.4 Å². The van der Waals surface area contributed by atoms with Crippen LogP contribution in [0, 0.1) is 0 Å². The molecule has 0 radical (unpaired) electrons. The number of rotatable bonds is 11. The Kier molecular flexibility index (Phi) is 7.59. The molecule has 0 aliphatic heterocycles. The van der Waals surface area contributed by atoms with Gasteiger partial charge in [-0.15, -0.1) is 10.2 Å². The minimum absolute atomic E-state index is 0.00175. The Morgan fingerprint density at radius 3 is 2.46 bits per heavy atom. The third-order valence-electron chi connectivity index (χ3n) is 5.57. The highest BCUT2D eigenvalue weighted by atomic mass is 19.3. The molecule has 0 aliphatic carbocycles. The van der Waals surface area contributed by atoms with Gasteiger partial charge in [0.15, 0.2) is 11.5 Å². The van der Waals surface area contributed by atoms with Crippen molar-refractivity contribution in [3.8, 4) is 11.5 Å². The van der Waals surface area contributed by atoms with E-state index in [0.717, 1.165) is 28.9 Å². The Hall–Kier alpha value is -3.95. The summed E-state index contributed by atoms with van der Waals surface area (Å²) in [6, 6.07) is 15.2. The normalized spacial score (nSPS) is 11.1. The summed E-state index contributed by atoms with van der Waals surface area (Å²) in [5, 5.41) is 13.1. The summed E-state index contributed by atoms with van der Waals surface area (Å²) in [7, 11) is 3.31. The number of methoxy groups -OCH3 is 1. The first-order valence-corrected chi connectivity index (χ1v) is 11.3. The third-order valence-corrected chi connectivity index (χ3v) is 5.57. The minimum atomic E-state index is -2.93. The van der Waals surface area contributed by atoms with Crippen LogP contribution in [0.15, 0.2) is 60.9 Å². The number of alkyl halides is 2. The summed E-state index contributed by atoms with van der Waals surface area (Å²) < 4.78 is 39.3. The van der Waals surface area contributed by atoms with Crippen molar-refractivity contribution in [1.82, 2.24) is 24.5 Å². The first kappa shape index (κ1) is 24.2. The largest absolute Gasteiger partial charge is 0.493 e. The van der Waals surface area contributed by atoms with Crippen molar-refractivity contribution in [2.45, 2.75) is 39.6 Å². The molecule has 8 nitrogen and oxygen atoms in total. The maximum absolute atomic E-state index is 12.8. The number of halogens is 2. The van der Waals surface area contributed by atoms with E-state index in [-0.39, 0.29) is 11.5 Å². The van der Waals surface area contributed by atoms with Crippen LogP contribution in [-0.4, -0.2) is 45.3 Å². The Morgan fingerprint density at radius 2 is 1.77 bits per heavy atom. The number of benzene rings is 2. The summed E-state index contributed by atoms with van der Waals surface area (Å²) >= 11 is 0. The molecule has 2 heterocycles.